The van der Waals surface area contributed by atoms with Crippen molar-refractivity contribution in [3.63, 3.8) is 0 Å². The number of rotatable bonds is 3. The maximum atomic E-state index is 9.45. The number of quaternary nitrogens is 1. The van der Waals surface area contributed by atoms with Crippen molar-refractivity contribution < 1.29 is 18.5 Å². The zero-order valence-electron chi connectivity index (χ0n) is 11.0. The van der Waals surface area contributed by atoms with Crippen molar-refractivity contribution in [1.29, 1.82) is 5.41 Å². The van der Waals surface area contributed by atoms with E-state index < -0.39 is 8.25 Å². The zero-order chi connectivity index (χ0) is 13.4. The first-order chi connectivity index (χ1) is 7.16. The van der Waals surface area contributed by atoms with Crippen LogP contribution in [0.1, 0.15) is 13.8 Å². The third-order valence-corrected chi connectivity index (χ3v) is 2.26. The molecule has 0 rings (SSSR count). The van der Waals surface area contributed by atoms with Crippen LogP contribution in [-0.4, -0.2) is 56.7 Å². The average molecular weight is 253 g/mol. The second-order valence-corrected chi connectivity index (χ2v) is 4.82. The average Bonchev–Trinajstić information content (AvgIpc) is 2.14. The Bertz CT molecular complexity index is 229. The summed E-state index contributed by atoms with van der Waals surface area (Å²) in [6, 6.07) is 0. The number of hydrogen-bond donors (Lipinski definition) is 1. The summed E-state index contributed by atoms with van der Waals surface area (Å²) in [5, 5.41) is 7.64. The maximum absolute atomic E-state index is 9.45. The molecule has 6 nitrogen and oxygen atoms in total. The lowest BCUT2D eigenvalue weighted by atomic mass is 10.5. The van der Waals surface area contributed by atoms with Crippen LogP contribution >= 0.6 is 8.25 Å². The Morgan fingerprint density at radius 1 is 1.44 bits per heavy atom. The topological polar surface area (TPSA) is 76.5 Å². The van der Waals surface area contributed by atoms with E-state index in [1.165, 1.54) is 0 Å². The molecule has 0 bridgehead atoms. The van der Waals surface area contributed by atoms with Gasteiger partial charge in [-0.15, -0.1) is 0 Å². The lowest BCUT2D eigenvalue weighted by Crippen LogP contribution is -2.49. The molecule has 1 unspecified atom stereocenters. The first-order valence-electron chi connectivity index (χ1n) is 5.12. The monoisotopic (exact) mass is 253 g/mol. The molecule has 16 heavy (non-hydrogen) atoms. The highest BCUT2D eigenvalue weighted by Gasteiger charge is 2.18. The molecule has 0 aliphatic heterocycles. The summed E-state index contributed by atoms with van der Waals surface area (Å²) in [6.07, 6.45) is 0. The minimum Gasteiger partial charge on any atom is -0.781 e. The van der Waals surface area contributed by atoms with Crippen molar-refractivity contribution in [1.82, 2.24) is 4.90 Å². The molecule has 0 saturated heterocycles. The predicted octanol–water partition coefficient (Wildman–Crippen LogP) is 0.352. The number of guanidine groups is 1. The van der Waals surface area contributed by atoms with Gasteiger partial charge in [0.2, 0.25) is 0 Å². The largest absolute Gasteiger partial charge is 0.781 e. The molecular formula is C9H24N3O3P. The van der Waals surface area contributed by atoms with Gasteiger partial charge in [-0.25, -0.2) is 5.41 Å². The molecular weight excluding hydrogens is 229 g/mol. The second kappa shape index (κ2) is 8.70. The highest BCUT2D eigenvalue weighted by Crippen LogP contribution is 2.05. The smallest absolute Gasteiger partial charge is 0.296 e. The number of hydrogen-bond acceptors (Lipinski definition) is 4. The van der Waals surface area contributed by atoms with E-state index >= 15 is 0 Å². The van der Waals surface area contributed by atoms with Crippen LogP contribution in [0.15, 0.2) is 0 Å². The zero-order valence-corrected chi connectivity index (χ0v) is 12.0. The van der Waals surface area contributed by atoms with Crippen molar-refractivity contribution in [2.45, 2.75) is 13.8 Å². The van der Waals surface area contributed by atoms with Crippen LogP contribution in [0.25, 0.3) is 0 Å². The minimum atomic E-state index is -2.89. The van der Waals surface area contributed by atoms with Gasteiger partial charge >= 0.3 is 0 Å². The lowest BCUT2D eigenvalue weighted by molar-refractivity contribution is -0.783. The van der Waals surface area contributed by atoms with Gasteiger partial charge in [0, 0.05) is 20.2 Å². The highest BCUT2D eigenvalue weighted by molar-refractivity contribution is 7.30. The Balaban J connectivity index is 0. The summed E-state index contributed by atoms with van der Waals surface area (Å²) < 4.78 is 14.1. The summed E-state index contributed by atoms with van der Waals surface area (Å²) in [5.41, 5.74) is 0. The van der Waals surface area contributed by atoms with Crippen LogP contribution in [-0.2, 0) is 9.09 Å². The van der Waals surface area contributed by atoms with E-state index in [1.807, 2.05) is 40.0 Å². The quantitative estimate of drug-likeness (QED) is 0.341. The molecule has 0 aromatic heterocycles. The van der Waals surface area contributed by atoms with E-state index in [1.54, 1.807) is 6.92 Å². The van der Waals surface area contributed by atoms with Gasteiger partial charge in [-0.2, -0.15) is 0 Å². The molecule has 0 aliphatic rings. The molecule has 0 amide bonds. The molecule has 0 aliphatic carbocycles. The number of nitrogens with zero attached hydrogens (tertiary/aromatic N) is 2. The summed E-state index contributed by atoms with van der Waals surface area (Å²) in [5.74, 6) is 0.641. The van der Waals surface area contributed by atoms with Crippen LogP contribution in [0.5, 0.6) is 0 Å². The molecule has 98 valence electrons. The van der Waals surface area contributed by atoms with Crippen molar-refractivity contribution >= 4 is 14.2 Å². The molecule has 0 spiro atoms. The third kappa shape index (κ3) is 10.1. The van der Waals surface area contributed by atoms with E-state index in [-0.39, 0.29) is 6.61 Å². The molecule has 1 atom stereocenters. The normalized spacial score (nSPS) is 12.4. The molecule has 0 saturated carbocycles. The Hall–Kier alpha value is -0.420. The van der Waals surface area contributed by atoms with E-state index in [4.69, 9.17) is 5.41 Å². The summed E-state index contributed by atoms with van der Waals surface area (Å²) in [4.78, 5) is 11.4. The Morgan fingerprint density at radius 2 is 1.88 bits per heavy atom. The number of nitrogens with one attached hydrogen (secondary N) is 1. The fourth-order valence-electron chi connectivity index (χ4n) is 0.780. The summed E-state index contributed by atoms with van der Waals surface area (Å²) >= 11 is 0. The van der Waals surface area contributed by atoms with Gasteiger partial charge in [-0.3, -0.25) is 4.48 Å². The Kier molecular flexibility index (Phi) is 9.77. The molecule has 7 heteroatoms. The summed E-state index contributed by atoms with van der Waals surface area (Å²) in [6.45, 7) is 4.82. The van der Waals surface area contributed by atoms with Crippen molar-refractivity contribution in [2.75, 3.05) is 41.3 Å². The lowest BCUT2D eigenvalue weighted by Gasteiger charge is -2.28. The molecule has 1 N–H and O–H groups in total. The Labute approximate surface area is 98.9 Å². The van der Waals surface area contributed by atoms with Gasteiger partial charge in [0.05, 0.1) is 21.1 Å². The van der Waals surface area contributed by atoms with Gasteiger partial charge in [0.15, 0.2) is 0 Å². The van der Waals surface area contributed by atoms with Crippen LogP contribution in [0, 0.1) is 5.41 Å². The SMILES string of the molecule is CCN(C)C(=N)[N+](C)(C)C.CCO[PH](=O)[O-]. The first kappa shape index (κ1) is 18.0. The fraction of sp³-hybridized carbons (Fsp3) is 0.889. The molecule has 0 heterocycles. The highest BCUT2D eigenvalue weighted by atomic mass is 31.1. The van der Waals surface area contributed by atoms with E-state index in [9.17, 15) is 9.46 Å². The van der Waals surface area contributed by atoms with Crippen LogP contribution in [0.2, 0.25) is 0 Å². The van der Waals surface area contributed by atoms with Crippen LogP contribution < -0.4 is 4.89 Å². The van der Waals surface area contributed by atoms with Crippen LogP contribution in [0.3, 0.4) is 0 Å². The molecule has 0 fully saturated rings. The summed E-state index contributed by atoms with van der Waals surface area (Å²) in [7, 11) is 5.03. The maximum Gasteiger partial charge on any atom is 0.296 e. The molecule has 0 aromatic rings. The standard InChI is InChI=1S/C7H18N3.C2H7O3P/c1-6-9(2)7(8)10(3,4)5;1-2-5-6(3)4/h8H,6H2,1-5H3;6H,2H2,1H3,(H,3,4)/q+1;/p-1. The van der Waals surface area contributed by atoms with Gasteiger partial charge in [0.1, 0.15) is 8.25 Å². The van der Waals surface area contributed by atoms with E-state index in [2.05, 4.69) is 4.52 Å². The molecule has 0 radical (unpaired) electrons. The second-order valence-electron chi connectivity index (χ2n) is 4.03. The Morgan fingerprint density at radius 3 is 1.94 bits per heavy atom. The van der Waals surface area contributed by atoms with Gasteiger partial charge in [-0.1, -0.05) is 0 Å². The van der Waals surface area contributed by atoms with Gasteiger partial charge < -0.3 is 18.9 Å². The van der Waals surface area contributed by atoms with Crippen LogP contribution in [0.4, 0.5) is 0 Å². The third-order valence-electron chi connectivity index (χ3n) is 1.73. The van der Waals surface area contributed by atoms with Crippen molar-refractivity contribution in [3.05, 3.63) is 0 Å². The van der Waals surface area contributed by atoms with Gasteiger partial charge in [-0.05, 0) is 13.8 Å². The fourth-order valence-corrected chi connectivity index (χ4v) is 1.02. The van der Waals surface area contributed by atoms with Gasteiger partial charge in [0.25, 0.3) is 5.96 Å². The predicted molar refractivity (Wildman–Crippen MR) is 64.7 cm³/mol. The minimum absolute atomic E-state index is 0.251. The first-order valence-corrected chi connectivity index (χ1v) is 6.34. The van der Waals surface area contributed by atoms with E-state index in [0.717, 1.165) is 6.54 Å². The van der Waals surface area contributed by atoms with E-state index in [0.29, 0.717) is 10.4 Å². The van der Waals surface area contributed by atoms with Crippen molar-refractivity contribution in [3.8, 4) is 0 Å². The van der Waals surface area contributed by atoms with Crippen molar-refractivity contribution in [2.24, 2.45) is 0 Å². The molecule has 0 aromatic carbocycles.